The van der Waals surface area contributed by atoms with E-state index in [1.54, 1.807) is 6.07 Å². The average molecular weight is 314 g/mol. The lowest BCUT2D eigenvalue weighted by Gasteiger charge is -2.29. The third-order valence-electron chi connectivity index (χ3n) is 3.70. The van der Waals surface area contributed by atoms with Gasteiger partial charge in [0.05, 0.1) is 5.54 Å². The predicted octanol–water partition coefficient (Wildman–Crippen LogP) is 2.83. The number of nitrogens with one attached hydrogen (secondary N) is 1. The van der Waals surface area contributed by atoms with Crippen molar-refractivity contribution in [2.24, 2.45) is 5.73 Å². The fourth-order valence-electron chi connectivity index (χ4n) is 2.82. The standard InChI is InChI=1S/C15H20F2N2OS/c1-9(2)19-15(14(18)20)6-5-11(8-15)21-10-3-4-12(16)13(17)7-10/h3-4,7,9,11,19H,5-6,8H2,1-2H3,(H2,18,20). The number of thioether (sulfide) groups is 1. The summed E-state index contributed by atoms with van der Waals surface area (Å²) in [7, 11) is 0. The Morgan fingerprint density at radius 3 is 2.71 bits per heavy atom. The lowest BCUT2D eigenvalue weighted by molar-refractivity contribution is -0.124. The number of benzene rings is 1. The first-order valence-electron chi connectivity index (χ1n) is 7.02. The zero-order valence-electron chi connectivity index (χ0n) is 12.2. The Kier molecular flexibility index (Phi) is 4.88. The van der Waals surface area contributed by atoms with Gasteiger partial charge in [0.1, 0.15) is 0 Å². The molecule has 0 bridgehead atoms. The maximum Gasteiger partial charge on any atom is 0.237 e. The molecule has 0 aromatic heterocycles. The van der Waals surface area contributed by atoms with Crippen molar-refractivity contribution < 1.29 is 13.6 Å². The monoisotopic (exact) mass is 314 g/mol. The van der Waals surface area contributed by atoms with E-state index in [0.29, 0.717) is 17.7 Å². The number of rotatable bonds is 5. The smallest absolute Gasteiger partial charge is 0.237 e. The molecule has 116 valence electrons. The molecule has 1 amide bonds. The zero-order chi connectivity index (χ0) is 15.6. The second-order valence-electron chi connectivity index (χ2n) is 5.80. The van der Waals surface area contributed by atoms with E-state index in [1.807, 2.05) is 13.8 Å². The second-order valence-corrected chi connectivity index (χ2v) is 7.18. The summed E-state index contributed by atoms with van der Waals surface area (Å²) in [5, 5.41) is 3.43. The van der Waals surface area contributed by atoms with Crippen LogP contribution in [0.2, 0.25) is 0 Å². The number of amides is 1. The lowest BCUT2D eigenvalue weighted by Crippen LogP contribution is -2.56. The third-order valence-corrected chi connectivity index (χ3v) is 4.96. The Bertz CT molecular complexity index is 538. The van der Waals surface area contributed by atoms with E-state index in [9.17, 15) is 13.6 Å². The Morgan fingerprint density at radius 2 is 2.14 bits per heavy atom. The van der Waals surface area contributed by atoms with Gasteiger partial charge in [-0.1, -0.05) is 0 Å². The number of primary amides is 1. The van der Waals surface area contributed by atoms with Crippen LogP contribution in [0.15, 0.2) is 23.1 Å². The van der Waals surface area contributed by atoms with E-state index >= 15 is 0 Å². The fraction of sp³-hybridized carbons (Fsp3) is 0.533. The number of carbonyl (C=O) groups excluding carboxylic acids is 1. The van der Waals surface area contributed by atoms with Crippen LogP contribution in [0.3, 0.4) is 0 Å². The van der Waals surface area contributed by atoms with E-state index < -0.39 is 17.2 Å². The minimum Gasteiger partial charge on any atom is -0.368 e. The van der Waals surface area contributed by atoms with Gasteiger partial charge in [-0.2, -0.15) is 0 Å². The number of hydrogen-bond donors (Lipinski definition) is 2. The Balaban J connectivity index is 2.06. The molecule has 3 nitrogen and oxygen atoms in total. The van der Waals surface area contributed by atoms with Crippen LogP contribution < -0.4 is 11.1 Å². The summed E-state index contributed by atoms with van der Waals surface area (Å²) in [6.45, 7) is 3.95. The van der Waals surface area contributed by atoms with E-state index in [2.05, 4.69) is 5.32 Å². The fourth-order valence-corrected chi connectivity index (χ4v) is 4.13. The van der Waals surface area contributed by atoms with Gasteiger partial charge in [-0.25, -0.2) is 8.78 Å². The van der Waals surface area contributed by atoms with Crippen LogP contribution in [0.1, 0.15) is 33.1 Å². The summed E-state index contributed by atoms with van der Waals surface area (Å²) in [4.78, 5) is 12.5. The molecule has 6 heteroatoms. The highest BCUT2D eigenvalue weighted by Crippen LogP contribution is 2.40. The minimum atomic E-state index is -0.848. The van der Waals surface area contributed by atoms with Gasteiger partial charge in [0.2, 0.25) is 5.91 Å². The number of hydrogen-bond acceptors (Lipinski definition) is 3. The van der Waals surface area contributed by atoms with Crippen LogP contribution in [-0.2, 0) is 4.79 Å². The van der Waals surface area contributed by atoms with Gasteiger partial charge >= 0.3 is 0 Å². The van der Waals surface area contributed by atoms with E-state index in [4.69, 9.17) is 5.73 Å². The van der Waals surface area contributed by atoms with Gasteiger partial charge in [-0.3, -0.25) is 4.79 Å². The summed E-state index contributed by atoms with van der Waals surface area (Å²) in [6, 6.07) is 4.04. The molecule has 2 unspecified atom stereocenters. The van der Waals surface area contributed by atoms with Crippen molar-refractivity contribution in [3.05, 3.63) is 29.8 Å². The first-order valence-corrected chi connectivity index (χ1v) is 7.90. The van der Waals surface area contributed by atoms with E-state index in [-0.39, 0.29) is 17.2 Å². The van der Waals surface area contributed by atoms with Crippen molar-refractivity contribution in [1.29, 1.82) is 0 Å². The van der Waals surface area contributed by atoms with Crippen molar-refractivity contribution in [2.45, 2.75) is 54.8 Å². The molecule has 1 fully saturated rings. The zero-order valence-corrected chi connectivity index (χ0v) is 13.0. The molecule has 0 radical (unpaired) electrons. The highest BCUT2D eigenvalue weighted by molar-refractivity contribution is 8.00. The van der Waals surface area contributed by atoms with Gasteiger partial charge in [0.25, 0.3) is 0 Å². The molecule has 21 heavy (non-hydrogen) atoms. The highest BCUT2D eigenvalue weighted by Gasteiger charge is 2.44. The molecular formula is C15H20F2N2OS. The average Bonchev–Trinajstić information content (AvgIpc) is 2.77. The summed E-state index contributed by atoms with van der Waals surface area (Å²) in [5.41, 5.74) is 4.87. The van der Waals surface area contributed by atoms with E-state index in [1.165, 1.54) is 17.8 Å². The summed E-state index contributed by atoms with van der Waals surface area (Å²) >= 11 is 1.47. The Morgan fingerprint density at radius 1 is 1.43 bits per heavy atom. The van der Waals surface area contributed by atoms with Crippen molar-refractivity contribution in [3.8, 4) is 0 Å². The highest BCUT2D eigenvalue weighted by atomic mass is 32.2. The summed E-state index contributed by atoms with van der Waals surface area (Å²) in [6.07, 6.45) is 2.08. The molecular weight excluding hydrogens is 294 g/mol. The molecule has 2 rings (SSSR count). The van der Waals surface area contributed by atoms with Crippen molar-refractivity contribution in [2.75, 3.05) is 0 Å². The van der Waals surface area contributed by atoms with Crippen LogP contribution >= 0.6 is 11.8 Å². The number of nitrogens with two attached hydrogens (primary N) is 1. The molecule has 1 aromatic rings. The first-order chi connectivity index (χ1) is 9.82. The molecule has 1 aromatic carbocycles. The van der Waals surface area contributed by atoms with Crippen LogP contribution in [0.4, 0.5) is 8.78 Å². The lowest BCUT2D eigenvalue weighted by atomic mass is 9.96. The van der Waals surface area contributed by atoms with Crippen LogP contribution in [0.5, 0.6) is 0 Å². The van der Waals surface area contributed by atoms with Gasteiger partial charge < -0.3 is 11.1 Å². The molecule has 1 saturated carbocycles. The Labute approximate surface area is 127 Å². The van der Waals surface area contributed by atoms with Crippen LogP contribution in [0, 0.1) is 11.6 Å². The molecule has 0 saturated heterocycles. The molecule has 2 atom stereocenters. The van der Waals surface area contributed by atoms with Crippen molar-refractivity contribution >= 4 is 17.7 Å². The van der Waals surface area contributed by atoms with Gasteiger partial charge in [0.15, 0.2) is 11.6 Å². The molecule has 1 aliphatic rings. The predicted molar refractivity (Wildman–Crippen MR) is 80.1 cm³/mol. The van der Waals surface area contributed by atoms with Crippen LogP contribution in [0.25, 0.3) is 0 Å². The topological polar surface area (TPSA) is 55.1 Å². The van der Waals surface area contributed by atoms with Crippen LogP contribution in [-0.4, -0.2) is 22.7 Å². The van der Waals surface area contributed by atoms with Gasteiger partial charge in [-0.15, -0.1) is 11.8 Å². The summed E-state index contributed by atoms with van der Waals surface area (Å²) in [5.74, 6) is -2.04. The summed E-state index contributed by atoms with van der Waals surface area (Å²) < 4.78 is 26.2. The maximum absolute atomic E-state index is 13.2. The normalized spacial score (nSPS) is 25.5. The molecule has 0 heterocycles. The first kappa shape index (κ1) is 16.2. The number of carbonyl (C=O) groups is 1. The minimum absolute atomic E-state index is 0.157. The molecule has 3 N–H and O–H groups in total. The van der Waals surface area contributed by atoms with Gasteiger partial charge in [-0.05, 0) is 51.3 Å². The van der Waals surface area contributed by atoms with Crippen molar-refractivity contribution in [1.82, 2.24) is 5.32 Å². The van der Waals surface area contributed by atoms with E-state index in [0.717, 1.165) is 12.5 Å². The maximum atomic E-state index is 13.2. The van der Waals surface area contributed by atoms with Crippen molar-refractivity contribution in [3.63, 3.8) is 0 Å². The molecule has 0 spiro atoms. The SMILES string of the molecule is CC(C)NC1(C(N)=O)CCC(Sc2ccc(F)c(F)c2)C1. The molecule has 0 aliphatic heterocycles. The van der Waals surface area contributed by atoms with Gasteiger partial charge in [0, 0.05) is 16.2 Å². The Hall–Kier alpha value is -1.14. The molecule has 1 aliphatic carbocycles. The third kappa shape index (κ3) is 3.74. The number of halogens is 2. The quantitative estimate of drug-likeness (QED) is 0.879. The largest absolute Gasteiger partial charge is 0.368 e. The second kappa shape index (κ2) is 6.32.